The average molecular weight is 174 g/mol. The van der Waals surface area contributed by atoms with Crippen LogP contribution in [0.5, 0.6) is 0 Å². The molecule has 1 aromatic carbocycles. The van der Waals surface area contributed by atoms with E-state index in [2.05, 4.69) is 25.2 Å². The number of benzene rings is 1. The number of nitrogens with one attached hydrogen (secondary N) is 1. The Morgan fingerprint density at radius 1 is 1.38 bits per heavy atom. The van der Waals surface area contributed by atoms with Crippen molar-refractivity contribution in [3.63, 3.8) is 0 Å². The van der Waals surface area contributed by atoms with E-state index in [0.29, 0.717) is 11.6 Å². The third-order valence-electron chi connectivity index (χ3n) is 1.74. The summed E-state index contributed by atoms with van der Waals surface area (Å²) in [6.07, 6.45) is 0. The van der Waals surface area contributed by atoms with Crippen LogP contribution in [0.2, 0.25) is 0 Å². The van der Waals surface area contributed by atoms with Crippen LogP contribution in [0, 0.1) is 18.3 Å². The first-order chi connectivity index (χ1) is 6.13. The third kappa shape index (κ3) is 2.48. The van der Waals surface area contributed by atoms with Crippen molar-refractivity contribution in [2.45, 2.75) is 26.8 Å². The molecule has 0 aliphatic carbocycles. The summed E-state index contributed by atoms with van der Waals surface area (Å²) >= 11 is 0. The number of rotatable bonds is 2. The average Bonchev–Trinajstić information content (AvgIpc) is 2.07. The Morgan fingerprint density at radius 3 is 2.62 bits per heavy atom. The summed E-state index contributed by atoms with van der Waals surface area (Å²) in [7, 11) is 0. The molecule has 0 saturated heterocycles. The van der Waals surface area contributed by atoms with Gasteiger partial charge in [0.15, 0.2) is 0 Å². The molecule has 0 heterocycles. The van der Waals surface area contributed by atoms with Crippen LogP contribution in [0.25, 0.3) is 0 Å². The summed E-state index contributed by atoms with van der Waals surface area (Å²) in [5.41, 5.74) is 2.75. The zero-order valence-electron chi connectivity index (χ0n) is 8.26. The van der Waals surface area contributed by atoms with Gasteiger partial charge < -0.3 is 5.32 Å². The van der Waals surface area contributed by atoms with Crippen molar-refractivity contribution in [1.29, 1.82) is 5.26 Å². The highest BCUT2D eigenvalue weighted by atomic mass is 14.9. The van der Waals surface area contributed by atoms with Crippen LogP contribution in [0.15, 0.2) is 18.2 Å². The van der Waals surface area contributed by atoms with Crippen LogP contribution in [0.1, 0.15) is 25.0 Å². The molecule has 0 atom stereocenters. The van der Waals surface area contributed by atoms with Gasteiger partial charge in [-0.3, -0.25) is 0 Å². The fraction of sp³-hybridized carbons (Fsp3) is 0.364. The minimum absolute atomic E-state index is 0.356. The Labute approximate surface area is 79.2 Å². The van der Waals surface area contributed by atoms with E-state index in [1.165, 1.54) is 0 Å². The van der Waals surface area contributed by atoms with Crippen molar-refractivity contribution in [1.82, 2.24) is 0 Å². The summed E-state index contributed by atoms with van der Waals surface area (Å²) in [6, 6.07) is 8.39. The second kappa shape index (κ2) is 3.95. The van der Waals surface area contributed by atoms with E-state index in [4.69, 9.17) is 5.26 Å². The lowest BCUT2D eigenvalue weighted by Gasteiger charge is -2.11. The summed E-state index contributed by atoms with van der Waals surface area (Å²) in [6.45, 7) is 6.10. The minimum Gasteiger partial charge on any atom is -0.382 e. The topological polar surface area (TPSA) is 35.8 Å². The molecule has 1 aromatic rings. The van der Waals surface area contributed by atoms with Gasteiger partial charge in [-0.2, -0.15) is 5.26 Å². The molecule has 2 heteroatoms. The van der Waals surface area contributed by atoms with Crippen molar-refractivity contribution in [3.8, 4) is 6.07 Å². The lowest BCUT2D eigenvalue weighted by molar-refractivity contribution is 0.898. The van der Waals surface area contributed by atoms with Crippen molar-refractivity contribution < 1.29 is 0 Å². The van der Waals surface area contributed by atoms with E-state index >= 15 is 0 Å². The minimum atomic E-state index is 0.356. The molecule has 0 aliphatic rings. The number of anilines is 1. The Balaban J connectivity index is 3.01. The number of nitriles is 1. The van der Waals surface area contributed by atoms with Crippen LogP contribution in [0.3, 0.4) is 0 Å². The highest BCUT2D eigenvalue weighted by molar-refractivity contribution is 5.58. The zero-order chi connectivity index (χ0) is 9.84. The van der Waals surface area contributed by atoms with Crippen LogP contribution < -0.4 is 5.32 Å². The first-order valence-electron chi connectivity index (χ1n) is 4.41. The van der Waals surface area contributed by atoms with Crippen LogP contribution >= 0.6 is 0 Å². The first kappa shape index (κ1) is 9.60. The van der Waals surface area contributed by atoms with E-state index in [-0.39, 0.29) is 0 Å². The molecular weight excluding hydrogens is 160 g/mol. The molecule has 0 radical (unpaired) electrons. The molecule has 1 N–H and O–H groups in total. The number of hydrogen-bond acceptors (Lipinski definition) is 2. The Hall–Kier alpha value is -1.49. The molecule has 1 rings (SSSR count). The zero-order valence-corrected chi connectivity index (χ0v) is 8.26. The quantitative estimate of drug-likeness (QED) is 0.748. The molecule has 68 valence electrons. The predicted molar refractivity (Wildman–Crippen MR) is 54.7 cm³/mol. The molecule has 0 amide bonds. The normalized spacial score (nSPS) is 9.77. The van der Waals surface area contributed by atoms with Gasteiger partial charge in [0, 0.05) is 6.04 Å². The first-order valence-corrected chi connectivity index (χ1v) is 4.41. The van der Waals surface area contributed by atoms with E-state index in [0.717, 1.165) is 11.3 Å². The molecular formula is C11H14N2. The second-order valence-electron chi connectivity index (χ2n) is 3.46. The van der Waals surface area contributed by atoms with Crippen molar-refractivity contribution in [2.24, 2.45) is 0 Å². The van der Waals surface area contributed by atoms with Gasteiger partial charge in [0.1, 0.15) is 6.07 Å². The van der Waals surface area contributed by atoms with Gasteiger partial charge in [-0.05, 0) is 38.5 Å². The van der Waals surface area contributed by atoms with Gasteiger partial charge in [0.25, 0.3) is 0 Å². The fourth-order valence-corrected chi connectivity index (χ4v) is 1.19. The van der Waals surface area contributed by atoms with Crippen molar-refractivity contribution >= 4 is 5.69 Å². The molecule has 0 fully saturated rings. The van der Waals surface area contributed by atoms with Crippen molar-refractivity contribution in [2.75, 3.05) is 5.32 Å². The summed E-state index contributed by atoms with van der Waals surface area (Å²) in [4.78, 5) is 0. The van der Waals surface area contributed by atoms with E-state index in [1.54, 1.807) is 0 Å². The Morgan fingerprint density at radius 2 is 2.08 bits per heavy atom. The van der Waals surface area contributed by atoms with Crippen LogP contribution in [0.4, 0.5) is 5.69 Å². The monoisotopic (exact) mass is 174 g/mol. The Bertz CT molecular complexity index is 334. The van der Waals surface area contributed by atoms with Gasteiger partial charge in [-0.1, -0.05) is 6.07 Å². The molecule has 0 aliphatic heterocycles. The molecule has 13 heavy (non-hydrogen) atoms. The fourth-order valence-electron chi connectivity index (χ4n) is 1.19. The molecule has 0 spiro atoms. The van der Waals surface area contributed by atoms with Gasteiger partial charge in [0.05, 0.1) is 11.3 Å². The van der Waals surface area contributed by atoms with E-state index in [1.807, 2.05) is 25.1 Å². The largest absolute Gasteiger partial charge is 0.382 e. The van der Waals surface area contributed by atoms with Gasteiger partial charge in [-0.15, -0.1) is 0 Å². The number of hydrogen-bond donors (Lipinski definition) is 1. The lowest BCUT2D eigenvalue weighted by atomic mass is 10.1. The maximum atomic E-state index is 8.87. The highest BCUT2D eigenvalue weighted by Crippen LogP contribution is 2.16. The molecule has 0 unspecified atom stereocenters. The van der Waals surface area contributed by atoms with E-state index < -0.39 is 0 Å². The maximum absolute atomic E-state index is 8.87. The predicted octanol–water partition coefficient (Wildman–Crippen LogP) is 2.69. The third-order valence-corrected chi connectivity index (χ3v) is 1.74. The second-order valence-corrected chi connectivity index (χ2v) is 3.46. The number of aryl methyl sites for hydroxylation is 1. The molecule has 2 nitrogen and oxygen atoms in total. The Kier molecular flexibility index (Phi) is 2.92. The SMILES string of the molecule is Cc1ccc(NC(C)C)c(C#N)c1. The summed E-state index contributed by atoms with van der Waals surface area (Å²) < 4.78 is 0. The molecule has 0 bridgehead atoms. The smallest absolute Gasteiger partial charge is 0.101 e. The summed E-state index contributed by atoms with van der Waals surface area (Å²) in [5.74, 6) is 0. The number of nitrogens with zero attached hydrogens (tertiary/aromatic N) is 1. The van der Waals surface area contributed by atoms with Crippen LogP contribution in [-0.4, -0.2) is 6.04 Å². The van der Waals surface area contributed by atoms with Crippen molar-refractivity contribution in [3.05, 3.63) is 29.3 Å². The standard InChI is InChI=1S/C11H14N2/c1-8(2)13-11-5-4-9(3)6-10(11)7-12/h4-6,8,13H,1-3H3. The van der Waals surface area contributed by atoms with Gasteiger partial charge in [0.2, 0.25) is 0 Å². The summed E-state index contributed by atoms with van der Waals surface area (Å²) in [5, 5.41) is 12.1. The van der Waals surface area contributed by atoms with Gasteiger partial charge >= 0.3 is 0 Å². The molecule has 0 aromatic heterocycles. The maximum Gasteiger partial charge on any atom is 0.101 e. The lowest BCUT2D eigenvalue weighted by Crippen LogP contribution is -2.10. The molecule has 0 saturated carbocycles. The van der Waals surface area contributed by atoms with Crippen LogP contribution in [-0.2, 0) is 0 Å². The van der Waals surface area contributed by atoms with E-state index in [9.17, 15) is 0 Å². The highest BCUT2D eigenvalue weighted by Gasteiger charge is 2.02. The van der Waals surface area contributed by atoms with Gasteiger partial charge in [-0.25, -0.2) is 0 Å².